The van der Waals surface area contributed by atoms with Crippen LogP contribution in [0, 0.1) is 0 Å². The summed E-state index contributed by atoms with van der Waals surface area (Å²) in [5.41, 5.74) is 3.34. The van der Waals surface area contributed by atoms with Crippen LogP contribution in [0.15, 0.2) is 79.1 Å². The minimum Gasteiger partial charge on any atom is -0.483 e. The second-order valence-electron chi connectivity index (χ2n) is 7.16. The number of pyridine rings is 1. The number of rotatable bonds is 6. The molecule has 2 heterocycles. The van der Waals surface area contributed by atoms with Gasteiger partial charge in [-0.25, -0.2) is 0 Å². The van der Waals surface area contributed by atoms with Crippen molar-refractivity contribution in [3.8, 4) is 16.9 Å². The quantitative estimate of drug-likeness (QED) is 0.650. The normalized spacial score (nSPS) is 14.6. The Balaban J connectivity index is 1.30. The summed E-state index contributed by atoms with van der Waals surface area (Å²) in [6.07, 6.45) is 3.64. The summed E-state index contributed by atoms with van der Waals surface area (Å²) in [4.78, 5) is 21.0. The van der Waals surface area contributed by atoms with Gasteiger partial charge in [0.25, 0.3) is 5.91 Å². The average molecular weight is 387 g/mol. The van der Waals surface area contributed by atoms with E-state index < -0.39 is 0 Å². The van der Waals surface area contributed by atoms with Gasteiger partial charge in [-0.1, -0.05) is 48.5 Å². The highest BCUT2D eigenvalue weighted by molar-refractivity contribution is 5.78. The highest BCUT2D eigenvalue weighted by Crippen LogP contribution is 2.29. The predicted octanol–water partition coefficient (Wildman–Crippen LogP) is 3.47. The number of carbonyl (C=O) groups excluding carboxylic acids is 1. The van der Waals surface area contributed by atoms with Crippen LogP contribution in [0.3, 0.4) is 0 Å². The summed E-state index contributed by atoms with van der Waals surface area (Å²) >= 11 is 0. The molecule has 0 spiro atoms. The average Bonchev–Trinajstić information content (AvgIpc) is 2.79. The van der Waals surface area contributed by atoms with Crippen LogP contribution >= 0.6 is 0 Å². The SMILES string of the molecule is O=C(COc1ccccc1-c1ccccc1)N1CCN(Cc2ccncc2)CC1. The van der Waals surface area contributed by atoms with E-state index in [1.165, 1.54) is 5.56 Å². The van der Waals surface area contributed by atoms with Crippen molar-refractivity contribution in [1.29, 1.82) is 0 Å². The Hall–Kier alpha value is -3.18. The molecule has 5 nitrogen and oxygen atoms in total. The van der Waals surface area contributed by atoms with Gasteiger partial charge in [0.1, 0.15) is 5.75 Å². The van der Waals surface area contributed by atoms with Crippen molar-refractivity contribution in [2.24, 2.45) is 0 Å². The maximum absolute atomic E-state index is 12.7. The Morgan fingerprint density at radius 2 is 1.55 bits per heavy atom. The van der Waals surface area contributed by atoms with E-state index in [0.29, 0.717) is 0 Å². The minimum absolute atomic E-state index is 0.0384. The fraction of sp³-hybridized carbons (Fsp3) is 0.250. The van der Waals surface area contributed by atoms with Crippen molar-refractivity contribution in [3.63, 3.8) is 0 Å². The molecule has 3 aromatic rings. The smallest absolute Gasteiger partial charge is 0.260 e. The summed E-state index contributed by atoms with van der Waals surface area (Å²) in [5.74, 6) is 0.778. The zero-order chi connectivity index (χ0) is 19.9. The molecule has 1 aromatic heterocycles. The van der Waals surface area contributed by atoms with E-state index in [9.17, 15) is 4.79 Å². The van der Waals surface area contributed by atoms with Crippen molar-refractivity contribution in [2.45, 2.75) is 6.54 Å². The number of amides is 1. The molecule has 1 aliphatic heterocycles. The summed E-state index contributed by atoms with van der Waals surface area (Å²) in [6.45, 7) is 4.16. The molecular formula is C24H25N3O2. The number of aromatic nitrogens is 1. The van der Waals surface area contributed by atoms with Crippen molar-refractivity contribution >= 4 is 5.91 Å². The van der Waals surface area contributed by atoms with E-state index in [1.54, 1.807) is 0 Å². The Kier molecular flexibility index (Phi) is 6.17. The zero-order valence-electron chi connectivity index (χ0n) is 16.4. The van der Waals surface area contributed by atoms with E-state index in [2.05, 4.69) is 9.88 Å². The Labute approximate surface area is 171 Å². The number of piperazine rings is 1. The largest absolute Gasteiger partial charge is 0.483 e. The molecule has 148 valence electrons. The van der Waals surface area contributed by atoms with Crippen molar-refractivity contribution < 1.29 is 9.53 Å². The summed E-state index contributed by atoms with van der Waals surface area (Å²) in [7, 11) is 0. The molecule has 29 heavy (non-hydrogen) atoms. The van der Waals surface area contributed by atoms with Gasteiger partial charge in [0.05, 0.1) is 0 Å². The molecule has 5 heteroatoms. The van der Waals surface area contributed by atoms with Crippen LogP contribution in [0.25, 0.3) is 11.1 Å². The van der Waals surface area contributed by atoms with Crippen molar-refractivity contribution in [1.82, 2.24) is 14.8 Å². The molecule has 1 aliphatic rings. The first-order chi connectivity index (χ1) is 14.3. The van der Waals surface area contributed by atoms with Crippen LogP contribution in [0.5, 0.6) is 5.75 Å². The predicted molar refractivity (Wildman–Crippen MR) is 113 cm³/mol. The zero-order valence-corrected chi connectivity index (χ0v) is 16.4. The maximum atomic E-state index is 12.7. The first-order valence-electron chi connectivity index (χ1n) is 9.96. The fourth-order valence-corrected chi connectivity index (χ4v) is 3.58. The molecule has 0 atom stereocenters. The summed E-state index contributed by atoms with van der Waals surface area (Å²) in [5, 5.41) is 0. The Morgan fingerprint density at radius 3 is 2.31 bits per heavy atom. The van der Waals surface area contributed by atoms with Crippen LogP contribution in [0.1, 0.15) is 5.56 Å². The number of carbonyl (C=O) groups is 1. The highest BCUT2D eigenvalue weighted by atomic mass is 16.5. The number of ether oxygens (including phenoxy) is 1. The van der Waals surface area contributed by atoms with Gasteiger partial charge in [0.2, 0.25) is 0 Å². The number of para-hydroxylation sites is 1. The van der Waals surface area contributed by atoms with Crippen molar-refractivity contribution in [3.05, 3.63) is 84.7 Å². The van der Waals surface area contributed by atoms with Gasteiger partial charge in [-0.3, -0.25) is 14.7 Å². The third kappa shape index (κ3) is 5.00. The third-order valence-electron chi connectivity index (χ3n) is 5.20. The number of hydrogen-bond acceptors (Lipinski definition) is 4. The number of nitrogens with zero attached hydrogens (tertiary/aromatic N) is 3. The molecule has 2 aromatic carbocycles. The topological polar surface area (TPSA) is 45.7 Å². The number of benzene rings is 2. The molecule has 1 fully saturated rings. The second-order valence-corrected chi connectivity index (χ2v) is 7.16. The van der Waals surface area contributed by atoms with Gasteiger partial charge in [-0.15, -0.1) is 0 Å². The lowest BCUT2D eigenvalue weighted by Crippen LogP contribution is -2.49. The van der Waals surface area contributed by atoms with Gasteiger partial charge in [-0.05, 0) is 29.3 Å². The third-order valence-corrected chi connectivity index (χ3v) is 5.20. The first kappa shape index (κ1) is 19.2. The van der Waals surface area contributed by atoms with Crippen LogP contribution in [-0.4, -0.2) is 53.5 Å². The molecule has 4 rings (SSSR count). The van der Waals surface area contributed by atoms with E-state index in [0.717, 1.165) is 49.6 Å². The molecule has 0 unspecified atom stereocenters. The molecule has 0 bridgehead atoms. The van der Waals surface area contributed by atoms with Crippen LogP contribution in [0.4, 0.5) is 0 Å². The van der Waals surface area contributed by atoms with Gasteiger partial charge >= 0.3 is 0 Å². The van der Waals surface area contributed by atoms with Crippen molar-refractivity contribution in [2.75, 3.05) is 32.8 Å². The Morgan fingerprint density at radius 1 is 0.862 bits per heavy atom. The standard InChI is InChI=1S/C24H25N3O2/c28-24(27-16-14-26(15-17-27)18-20-10-12-25-13-11-20)19-29-23-9-5-4-8-22(23)21-6-2-1-3-7-21/h1-13H,14-19H2. The molecule has 1 saturated heterocycles. The van der Waals surface area contributed by atoms with Crippen LogP contribution in [-0.2, 0) is 11.3 Å². The summed E-state index contributed by atoms with van der Waals surface area (Å²) in [6, 6.07) is 22.0. The lowest BCUT2D eigenvalue weighted by molar-refractivity contribution is -0.135. The highest BCUT2D eigenvalue weighted by Gasteiger charge is 2.21. The van der Waals surface area contributed by atoms with E-state index in [-0.39, 0.29) is 12.5 Å². The van der Waals surface area contributed by atoms with Gasteiger partial charge < -0.3 is 9.64 Å². The minimum atomic E-state index is 0.0384. The molecule has 1 amide bonds. The second kappa shape index (κ2) is 9.34. The van der Waals surface area contributed by atoms with E-state index >= 15 is 0 Å². The molecular weight excluding hydrogens is 362 g/mol. The lowest BCUT2D eigenvalue weighted by Gasteiger charge is -2.34. The molecule has 0 radical (unpaired) electrons. The van der Waals surface area contributed by atoms with Gasteiger partial charge in [-0.2, -0.15) is 0 Å². The molecule has 0 saturated carbocycles. The fourth-order valence-electron chi connectivity index (χ4n) is 3.58. The Bertz CT molecular complexity index is 923. The molecule has 0 aliphatic carbocycles. The lowest BCUT2D eigenvalue weighted by atomic mass is 10.1. The van der Waals surface area contributed by atoms with Gasteiger partial charge in [0.15, 0.2) is 6.61 Å². The number of hydrogen-bond donors (Lipinski definition) is 0. The van der Waals surface area contributed by atoms with E-state index in [4.69, 9.17) is 4.74 Å². The monoisotopic (exact) mass is 387 g/mol. The van der Waals surface area contributed by atoms with Gasteiger partial charge in [0, 0.05) is 50.7 Å². The van der Waals surface area contributed by atoms with Crippen LogP contribution in [0.2, 0.25) is 0 Å². The maximum Gasteiger partial charge on any atom is 0.260 e. The summed E-state index contributed by atoms with van der Waals surface area (Å²) < 4.78 is 5.92. The first-order valence-corrected chi connectivity index (χ1v) is 9.96. The van der Waals surface area contributed by atoms with Crippen LogP contribution < -0.4 is 4.74 Å². The molecule has 0 N–H and O–H groups in total. The van der Waals surface area contributed by atoms with E-state index in [1.807, 2.05) is 84.0 Å².